The van der Waals surface area contributed by atoms with Crippen LogP contribution in [0, 0.1) is 5.92 Å². The lowest BCUT2D eigenvalue weighted by Crippen LogP contribution is -2.40. The number of oxime groups is 1. The first-order chi connectivity index (χ1) is 27.4. The van der Waals surface area contributed by atoms with Crippen LogP contribution in [0.1, 0.15) is 74.5 Å². The van der Waals surface area contributed by atoms with Gasteiger partial charge >= 0.3 is 18.7 Å². The number of ether oxygens (including phenoxy) is 6. The summed E-state index contributed by atoms with van der Waals surface area (Å²) >= 11 is 13.0. The number of esters is 1. The van der Waals surface area contributed by atoms with Crippen LogP contribution in [-0.2, 0) is 30.8 Å². The van der Waals surface area contributed by atoms with Gasteiger partial charge in [-0.25, -0.2) is 18.0 Å². The number of carbonyl (C=O) groups is 2. The van der Waals surface area contributed by atoms with E-state index in [1.807, 2.05) is 0 Å². The van der Waals surface area contributed by atoms with Gasteiger partial charge in [0.15, 0.2) is 11.5 Å². The Bertz CT molecular complexity index is 1950. The minimum absolute atomic E-state index is 0.0136. The van der Waals surface area contributed by atoms with Gasteiger partial charge in [0.05, 0.1) is 49.4 Å². The highest BCUT2D eigenvalue weighted by Gasteiger charge is 2.31. The standard InChI is InChI=1S/C39H49Cl2F2N3O11S/c1-6-30(40)29(31(41)22-44-49)21-34(26-9-12-33(56-37(42)43)35(20-26)54-24-25-7-8-25)55-36(47)27-10-11-32(53-18-15-45-13-16-52-17-14-45)28(19-27)23-46(58(5,50)51)38(48)57-39(2,3)4/h6,9-12,19-20,22,25,34,37,49H,7-8,13-18,21,23-24H2,1-5H3/b30-6+,31-29+,44-22+/t34-/m0/s1. The van der Waals surface area contributed by atoms with Crippen LogP contribution >= 0.6 is 23.2 Å². The number of morpholine rings is 1. The van der Waals surface area contributed by atoms with Crippen molar-refractivity contribution in [2.75, 3.05) is 52.3 Å². The van der Waals surface area contributed by atoms with Crippen LogP contribution < -0.4 is 14.2 Å². The molecule has 4 rings (SSSR count). The van der Waals surface area contributed by atoms with Gasteiger partial charge in [0.25, 0.3) is 0 Å². The zero-order chi connectivity index (χ0) is 42.6. The maximum absolute atomic E-state index is 14.1. The Kier molecular flexibility index (Phi) is 17.0. The maximum Gasteiger partial charge on any atom is 0.424 e. The highest BCUT2D eigenvalue weighted by Crippen LogP contribution is 2.39. The van der Waals surface area contributed by atoms with E-state index in [-0.39, 0.29) is 75.1 Å². The quantitative estimate of drug-likeness (QED) is 0.0479. The summed E-state index contributed by atoms with van der Waals surface area (Å²) in [6, 6.07) is 8.31. The van der Waals surface area contributed by atoms with Crippen molar-refractivity contribution in [1.29, 1.82) is 0 Å². The topological polar surface area (TPSA) is 163 Å². The molecule has 2 aromatic rings. The van der Waals surface area contributed by atoms with Gasteiger partial charge in [-0.2, -0.15) is 13.1 Å². The van der Waals surface area contributed by atoms with E-state index < -0.39 is 46.9 Å². The van der Waals surface area contributed by atoms with Crippen molar-refractivity contribution in [3.63, 3.8) is 0 Å². The Labute approximate surface area is 347 Å². The van der Waals surface area contributed by atoms with Gasteiger partial charge in [-0.15, -0.1) is 0 Å². The number of rotatable bonds is 19. The molecule has 2 fully saturated rings. The third kappa shape index (κ3) is 14.6. The van der Waals surface area contributed by atoms with E-state index in [0.717, 1.165) is 25.3 Å². The van der Waals surface area contributed by atoms with Gasteiger partial charge in [0.2, 0.25) is 10.0 Å². The van der Waals surface area contributed by atoms with Gasteiger partial charge in [-0.05, 0) is 87.9 Å². The molecule has 1 saturated heterocycles. The molecule has 1 N–H and O–H groups in total. The van der Waals surface area contributed by atoms with Crippen molar-refractivity contribution in [2.24, 2.45) is 11.1 Å². The zero-order valence-corrected chi connectivity index (χ0v) is 35.2. The van der Waals surface area contributed by atoms with E-state index in [4.69, 9.17) is 51.6 Å². The first-order valence-electron chi connectivity index (χ1n) is 18.5. The molecule has 19 heteroatoms. The number of hydrogen-bond donors (Lipinski definition) is 1. The minimum Gasteiger partial charge on any atom is -0.492 e. The second-order valence-corrected chi connectivity index (χ2v) is 17.2. The average Bonchev–Trinajstić information content (AvgIpc) is 3.99. The van der Waals surface area contributed by atoms with Crippen molar-refractivity contribution in [3.05, 3.63) is 74.8 Å². The van der Waals surface area contributed by atoms with E-state index >= 15 is 0 Å². The molecule has 14 nitrogen and oxygen atoms in total. The molecule has 2 aliphatic rings. The third-order valence-corrected chi connectivity index (χ3v) is 10.6. The number of benzene rings is 2. The van der Waals surface area contributed by atoms with Crippen LogP contribution in [0.2, 0.25) is 0 Å². The number of allylic oxidation sites excluding steroid dienone is 3. The fraction of sp³-hybridized carbons (Fsp3) is 0.513. The van der Waals surface area contributed by atoms with Crippen molar-refractivity contribution in [2.45, 2.75) is 71.8 Å². The molecule has 1 amide bonds. The summed E-state index contributed by atoms with van der Waals surface area (Å²) in [6.45, 7) is 6.23. The summed E-state index contributed by atoms with van der Waals surface area (Å²) in [5.41, 5.74) is -0.457. The van der Waals surface area contributed by atoms with Crippen molar-refractivity contribution >= 4 is 51.5 Å². The molecule has 1 aliphatic carbocycles. The van der Waals surface area contributed by atoms with Crippen molar-refractivity contribution in [3.8, 4) is 17.2 Å². The fourth-order valence-electron chi connectivity index (χ4n) is 5.61. The van der Waals surface area contributed by atoms with Gasteiger partial charge < -0.3 is 33.6 Å². The molecule has 0 unspecified atom stereocenters. The molecule has 1 saturated carbocycles. The molecular weight excluding hydrogens is 827 g/mol. The van der Waals surface area contributed by atoms with E-state index in [1.165, 1.54) is 42.5 Å². The summed E-state index contributed by atoms with van der Waals surface area (Å²) in [4.78, 5) is 29.5. The fourth-order valence-corrected chi connectivity index (χ4v) is 6.74. The van der Waals surface area contributed by atoms with Gasteiger partial charge in [-0.3, -0.25) is 4.90 Å². The lowest BCUT2D eigenvalue weighted by Gasteiger charge is -2.27. The third-order valence-electron chi connectivity index (χ3n) is 8.74. The highest BCUT2D eigenvalue weighted by molar-refractivity contribution is 7.88. The second-order valence-electron chi connectivity index (χ2n) is 14.5. The Morgan fingerprint density at radius 2 is 1.76 bits per heavy atom. The summed E-state index contributed by atoms with van der Waals surface area (Å²) in [6.07, 6.45) is 2.60. The molecule has 1 heterocycles. The van der Waals surface area contributed by atoms with Crippen LogP contribution in [0.3, 0.4) is 0 Å². The summed E-state index contributed by atoms with van der Waals surface area (Å²) in [5, 5.41) is 12.3. The predicted octanol–water partition coefficient (Wildman–Crippen LogP) is 7.87. The first kappa shape index (κ1) is 46.5. The summed E-state index contributed by atoms with van der Waals surface area (Å²) in [5.74, 6) is -0.700. The average molecular weight is 877 g/mol. The zero-order valence-electron chi connectivity index (χ0n) is 32.9. The Morgan fingerprint density at radius 3 is 2.36 bits per heavy atom. The smallest absolute Gasteiger partial charge is 0.424 e. The van der Waals surface area contributed by atoms with E-state index in [1.54, 1.807) is 27.7 Å². The minimum atomic E-state index is -4.20. The predicted molar refractivity (Wildman–Crippen MR) is 213 cm³/mol. The molecule has 58 heavy (non-hydrogen) atoms. The monoisotopic (exact) mass is 875 g/mol. The van der Waals surface area contributed by atoms with Crippen LogP contribution in [0.15, 0.2) is 63.3 Å². The molecular formula is C39H49Cl2F2N3O11S. The van der Waals surface area contributed by atoms with Gasteiger partial charge in [-0.1, -0.05) is 40.5 Å². The summed E-state index contributed by atoms with van der Waals surface area (Å²) < 4.78 is 86.7. The Hall–Kier alpha value is -4.16. The highest BCUT2D eigenvalue weighted by atomic mass is 35.5. The van der Waals surface area contributed by atoms with Crippen molar-refractivity contribution < 1.29 is 60.4 Å². The number of sulfonamides is 1. The first-order valence-corrected chi connectivity index (χ1v) is 21.1. The van der Waals surface area contributed by atoms with E-state index in [2.05, 4.69) is 10.1 Å². The molecule has 0 bridgehead atoms. The number of halogens is 4. The Morgan fingerprint density at radius 1 is 1.07 bits per heavy atom. The molecule has 0 aromatic heterocycles. The van der Waals surface area contributed by atoms with Crippen LogP contribution in [-0.4, -0.2) is 106 Å². The lowest BCUT2D eigenvalue weighted by molar-refractivity contribution is -0.0515. The van der Waals surface area contributed by atoms with Gasteiger partial charge in [0.1, 0.15) is 24.1 Å². The summed E-state index contributed by atoms with van der Waals surface area (Å²) in [7, 11) is -4.20. The van der Waals surface area contributed by atoms with Crippen LogP contribution in [0.5, 0.6) is 17.2 Å². The molecule has 320 valence electrons. The SMILES string of the molecule is C\C=C(Cl)/C(C[C@H](OC(=O)c1ccc(OCCN2CCOCC2)c(CN(C(=O)OC(C)(C)C)S(C)(=O)=O)c1)c1ccc(OC(F)F)c(OCC2CC2)c1)=C(Cl)\C=N\O. The van der Waals surface area contributed by atoms with Crippen LogP contribution in [0.25, 0.3) is 0 Å². The largest absolute Gasteiger partial charge is 0.492 e. The second kappa shape index (κ2) is 21.2. The molecule has 1 aliphatic heterocycles. The van der Waals surface area contributed by atoms with E-state index in [9.17, 15) is 32.0 Å². The molecule has 1 atom stereocenters. The number of alkyl halides is 2. The van der Waals surface area contributed by atoms with Crippen molar-refractivity contribution in [1.82, 2.24) is 9.21 Å². The van der Waals surface area contributed by atoms with Gasteiger partial charge in [0, 0.05) is 36.7 Å². The Balaban J connectivity index is 1.75. The normalized spacial score (nSPS) is 16.5. The number of hydrogen-bond acceptors (Lipinski definition) is 13. The number of nitrogens with zero attached hydrogens (tertiary/aromatic N) is 3. The molecule has 0 radical (unpaired) electrons. The van der Waals surface area contributed by atoms with E-state index in [0.29, 0.717) is 37.2 Å². The molecule has 2 aromatic carbocycles. The number of carbonyl (C=O) groups excluding carboxylic acids is 2. The maximum atomic E-state index is 14.1. The molecule has 0 spiro atoms. The van der Waals surface area contributed by atoms with Crippen LogP contribution in [0.4, 0.5) is 13.6 Å². The number of amides is 1. The lowest BCUT2D eigenvalue weighted by atomic mass is 9.99.